The van der Waals surface area contributed by atoms with Gasteiger partial charge in [-0.3, -0.25) is 4.72 Å². The van der Waals surface area contributed by atoms with Crippen molar-refractivity contribution in [3.63, 3.8) is 0 Å². The summed E-state index contributed by atoms with van der Waals surface area (Å²) in [5, 5.41) is 3.38. The Kier molecular flexibility index (Phi) is 5.47. The smallest absolute Gasteiger partial charge is 0.232 e. The summed E-state index contributed by atoms with van der Waals surface area (Å²) in [5.41, 5.74) is 1.50. The molecule has 0 bridgehead atoms. The monoisotopic (exact) mass is 312 g/mol. The van der Waals surface area contributed by atoms with Gasteiger partial charge in [0.05, 0.1) is 12.9 Å². The third-order valence-electron chi connectivity index (χ3n) is 3.52. The fourth-order valence-electron chi connectivity index (χ4n) is 2.18. The fraction of sp³-hybridized carbons (Fsp3) is 0.600. The Hall–Kier alpha value is -1.27. The zero-order valence-corrected chi connectivity index (χ0v) is 13.5. The maximum atomic E-state index is 12.0. The van der Waals surface area contributed by atoms with Gasteiger partial charge in [0, 0.05) is 11.7 Å². The van der Waals surface area contributed by atoms with E-state index >= 15 is 0 Å². The number of methoxy groups -OCH3 is 1. The number of hydrogen-bond acceptors (Lipinski definition) is 4. The van der Waals surface area contributed by atoms with Gasteiger partial charge in [-0.15, -0.1) is 0 Å². The molecule has 0 unspecified atom stereocenters. The highest BCUT2D eigenvalue weighted by Gasteiger charge is 2.19. The Bertz CT molecular complexity index is 568. The SMILES string of the molecule is COc1ccc(NS(=O)(=O)CCCCNC2CC2)cc1C. The second kappa shape index (κ2) is 7.13. The molecule has 1 aliphatic rings. The number of aryl methyl sites for hydroxylation is 1. The van der Waals surface area contributed by atoms with Crippen molar-refractivity contribution in [3.05, 3.63) is 23.8 Å². The lowest BCUT2D eigenvalue weighted by molar-refractivity contribution is 0.412. The van der Waals surface area contributed by atoms with Crippen LogP contribution < -0.4 is 14.8 Å². The van der Waals surface area contributed by atoms with Crippen LogP contribution in [0.5, 0.6) is 5.75 Å². The van der Waals surface area contributed by atoms with Crippen LogP contribution in [0.25, 0.3) is 0 Å². The molecule has 118 valence electrons. The maximum absolute atomic E-state index is 12.0. The lowest BCUT2D eigenvalue weighted by Crippen LogP contribution is -2.20. The number of rotatable bonds is 9. The van der Waals surface area contributed by atoms with Crippen molar-refractivity contribution in [2.45, 2.75) is 38.6 Å². The average Bonchev–Trinajstić information content (AvgIpc) is 3.22. The summed E-state index contributed by atoms with van der Waals surface area (Å²) in [5.74, 6) is 0.911. The quantitative estimate of drug-likeness (QED) is 0.687. The van der Waals surface area contributed by atoms with E-state index in [4.69, 9.17) is 4.74 Å². The predicted octanol–water partition coefficient (Wildman–Crippen LogP) is 2.28. The molecule has 1 aromatic carbocycles. The minimum atomic E-state index is -3.27. The Balaban J connectivity index is 1.77. The molecule has 0 saturated heterocycles. The van der Waals surface area contributed by atoms with Crippen molar-refractivity contribution in [2.24, 2.45) is 0 Å². The van der Waals surface area contributed by atoms with E-state index in [1.807, 2.05) is 6.92 Å². The molecule has 2 rings (SSSR count). The molecule has 0 aromatic heterocycles. The first-order valence-corrected chi connectivity index (χ1v) is 9.04. The molecule has 1 saturated carbocycles. The van der Waals surface area contributed by atoms with Gasteiger partial charge in [-0.05, 0) is 62.9 Å². The van der Waals surface area contributed by atoms with Gasteiger partial charge in [-0.1, -0.05) is 0 Å². The van der Waals surface area contributed by atoms with E-state index in [0.717, 1.165) is 24.3 Å². The minimum absolute atomic E-state index is 0.157. The highest BCUT2D eigenvalue weighted by molar-refractivity contribution is 7.92. The summed E-state index contributed by atoms with van der Waals surface area (Å²) in [4.78, 5) is 0. The van der Waals surface area contributed by atoms with Crippen LogP contribution in [0, 0.1) is 6.92 Å². The maximum Gasteiger partial charge on any atom is 0.232 e. The van der Waals surface area contributed by atoms with E-state index in [2.05, 4.69) is 10.0 Å². The third kappa shape index (κ3) is 5.55. The summed E-state index contributed by atoms with van der Waals surface area (Å²) in [6.45, 7) is 2.79. The molecule has 1 fully saturated rings. The van der Waals surface area contributed by atoms with E-state index in [1.54, 1.807) is 25.3 Å². The third-order valence-corrected chi connectivity index (χ3v) is 4.89. The van der Waals surface area contributed by atoms with Crippen molar-refractivity contribution in [3.8, 4) is 5.75 Å². The number of ether oxygens (including phenoxy) is 1. The van der Waals surface area contributed by atoms with Gasteiger partial charge in [0.2, 0.25) is 10.0 Å². The first kappa shape index (κ1) is 16.1. The highest BCUT2D eigenvalue weighted by Crippen LogP contribution is 2.22. The summed E-state index contributed by atoms with van der Waals surface area (Å²) >= 11 is 0. The molecule has 21 heavy (non-hydrogen) atoms. The van der Waals surface area contributed by atoms with E-state index in [9.17, 15) is 8.42 Å². The lowest BCUT2D eigenvalue weighted by Gasteiger charge is -2.10. The molecular formula is C15H24N2O3S. The Morgan fingerprint density at radius 1 is 1.29 bits per heavy atom. The fourth-order valence-corrected chi connectivity index (χ4v) is 3.36. The summed E-state index contributed by atoms with van der Waals surface area (Å²) in [6.07, 6.45) is 4.08. The van der Waals surface area contributed by atoms with Crippen LogP contribution in [0.15, 0.2) is 18.2 Å². The second-order valence-corrected chi connectivity index (χ2v) is 7.38. The molecule has 0 amide bonds. The Morgan fingerprint density at radius 3 is 2.67 bits per heavy atom. The molecule has 0 radical (unpaired) electrons. The van der Waals surface area contributed by atoms with Crippen LogP contribution in [0.3, 0.4) is 0 Å². The van der Waals surface area contributed by atoms with E-state index in [0.29, 0.717) is 18.2 Å². The van der Waals surface area contributed by atoms with Crippen LogP contribution in [0.2, 0.25) is 0 Å². The van der Waals surface area contributed by atoms with Gasteiger partial charge in [0.15, 0.2) is 0 Å². The number of anilines is 1. The van der Waals surface area contributed by atoms with Gasteiger partial charge in [-0.25, -0.2) is 8.42 Å². The van der Waals surface area contributed by atoms with Gasteiger partial charge in [-0.2, -0.15) is 0 Å². The van der Waals surface area contributed by atoms with Gasteiger partial charge in [0.1, 0.15) is 5.75 Å². The zero-order chi connectivity index (χ0) is 15.3. The first-order chi connectivity index (χ1) is 10.00. The van der Waals surface area contributed by atoms with Crippen molar-refractivity contribution in [2.75, 3.05) is 24.1 Å². The van der Waals surface area contributed by atoms with Crippen LogP contribution >= 0.6 is 0 Å². The molecule has 6 heteroatoms. The van der Waals surface area contributed by atoms with Crippen molar-refractivity contribution in [1.29, 1.82) is 0 Å². The topological polar surface area (TPSA) is 67.4 Å². The number of hydrogen-bond donors (Lipinski definition) is 2. The number of sulfonamides is 1. The molecule has 0 heterocycles. The Labute approximate surface area is 127 Å². The van der Waals surface area contributed by atoms with Crippen molar-refractivity contribution < 1.29 is 13.2 Å². The molecule has 1 aromatic rings. The van der Waals surface area contributed by atoms with E-state index in [1.165, 1.54) is 12.8 Å². The molecule has 0 aliphatic heterocycles. The molecule has 5 nitrogen and oxygen atoms in total. The summed E-state index contributed by atoms with van der Waals surface area (Å²) < 4.78 is 31.8. The van der Waals surface area contributed by atoms with Crippen molar-refractivity contribution in [1.82, 2.24) is 5.32 Å². The number of unbranched alkanes of at least 4 members (excludes halogenated alkanes) is 1. The highest BCUT2D eigenvalue weighted by atomic mass is 32.2. The van der Waals surface area contributed by atoms with E-state index < -0.39 is 10.0 Å². The molecule has 0 atom stereocenters. The minimum Gasteiger partial charge on any atom is -0.496 e. The molecule has 1 aliphatic carbocycles. The number of benzene rings is 1. The predicted molar refractivity (Wildman–Crippen MR) is 85.4 cm³/mol. The molecular weight excluding hydrogens is 288 g/mol. The largest absolute Gasteiger partial charge is 0.496 e. The van der Waals surface area contributed by atoms with Crippen molar-refractivity contribution >= 4 is 15.7 Å². The van der Waals surface area contributed by atoms with E-state index in [-0.39, 0.29) is 5.75 Å². The average molecular weight is 312 g/mol. The van der Waals surface area contributed by atoms with Gasteiger partial charge in [0.25, 0.3) is 0 Å². The summed E-state index contributed by atoms with van der Waals surface area (Å²) in [6, 6.07) is 5.96. The van der Waals surface area contributed by atoms with Crippen LogP contribution in [-0.4, -0.2) is 33.9 Å². The van der Waals surface area contributed by atoms with Gasteiger partial charge >= 0.3 is 0 Å². The standard InChI is InChI=1S/C15H24N2O3S/c1-12-11-14(7-8-15(12)20-2)17-21(18,19)10-4-3-9-16-13-5-6-13/h7-8,11,13,16-17H,3-6,9-10H2,1-2H3. The van der Waals surface area contributed by atoms with Crippen LogP contribution in [-0.2, 0) is 10.0 Å². The van der Waals surface area contributed by atoms with Crippen LogP contribution in [0.1, 0.15) is 31.2 Å². The number of nitrogens with one attached hydrogen (secondary N) is 2. The normalized spacial score (nSPS) is 15.0. The van der Waals surface area contributed by atoms with Gasteiger partial charge < -0.3 is 10.1 Å². The summed E-state index contributed by atoms with van der Waals surface area (Å²) in [7, 11) is -1.68. The van der Waals surface area contributed by atoms with Crippen LogP contribution in [0.4, 0.5) is 5.69 Å². The lowest BCUT2D eigenvalue weighted by atomic mass is 10.2. The second-order valence-electron chi connectivity index (χ2n) is 5.54. The molecule has 0 spiro atoms. The Morgan fingerprint density at radius 2 is 2.05 bits per heavy atom. The first-order valence-electron chi connectivity index (χ1n) is 7.39. The molecule has 2 N–H and O–H groups in total. The zero-order valence-electron chi connectivity index (χ0n) is 12.7.